The lowest BCUT2D eigenvalue weighted by Crippen LogP contribution is -2.26. The quantitative estimate of drug-likeness (QED) is 0.632. The Morgan fingerprint density at radius 2 is 2.25 bits per heavy atom. The van der Waals surface area contributed by atoms with E-state index < -0.39 is 23.8 Å². The van der Waals surface area contributed by atoms with Crippen LogP contribution in [0.15, 0.2) is 48.3 Å². The van der Waals surface area contributed by atoms with Gasteiger partial charge < -0.3 is 14.0 Å². The van der Waals surface area contributed by atoms with E-state index in [-0.39, 0.29) is 11.3 Å². The average molecular weight is 407 g/mol. The second-order valence-electron chi connectivity index (χ2n) is 6.51. The fraction of sp³-hybridized carbons (Fsp3) is 0.263. The molecule has 4 heterocycles. The number of hydrogen-bond acceptors (Lipinski definition) is 4. The summed E-state index contributed by atoms with van der Waals surface area (Å²) in [7, 11) is 1.60. The number of thiophene rings is 1. The molecule has 28 heavy (non-hydrogen) atoms. The van der Waals surface area contributed by atoms with E-state index >= 15 is 0 Å². The highest BCUT2D eigenvalue weighted by molar-refractivity contribution is 7.09. The predicted octanol–water partition coefficient (Wildman–Crippen LogP) is 4.66. The molecule has 9 heteroatoms. The number of aromatic nitrogens is 2. The van der Waals surface area contributed by atoms with Gasteiger partial charge >= 0.3 is 6.18 Å². The smallest absolute Gasteiger partial charge is 0.419 e. The first-order valence-electron chi connectivity index (χ1n) is 8.51. The van der Waals surface area contributed by atoms with Gasteiger partial charge in [-0.05, 0) is 23.6 Å². The molecule has 0 saturated heterocycles. The van der Waals surface area contributed by atoms with Gasteiger partial charge in [0.05, 0.1) is 18.4 Å². The molecule has 1 amide bonds. The van der Waals surface area contributed by atoms with Crippen molar-refractivity contribution in [1.82, 2.24) is 14.3 Å². The van der Waals surface area contributed by atoms with Gasteiger partial charge in [-0.2, -0.15) is 13.2 Å². The number of alkyl halides is 3. The molecule has 0 aliphatic carbocycles. The molecule has 1 aliphatic heterocycles. The molecule has 0 spiro atoms. The van der Waals surface area contributed by atoms with Crippen LogP contribution in [0.25, 0.3) is 5.65 Å². The molecule has 0 aromatic carbocycles. The normalized spacial score (nSPS) is 16.5. The molecule has 1 unspecified atom stereocenters. The summed E-state index contributed by atoms with van der Waals surface area (Å²) >= 11 is 1.50. The van der Waals surface area contributed by atoms with Crippen LogP contribution < -0.4 is 0 Å². The number of carbonyl (C=O) groups excluding carboxylic acids is 1. The van der Waals surface area contributed by atoms with Crippen LogP contribution in [0, 0.1) is 0 Å². The summed E-state index contributed by atoms with van der Waals surface area (Å²) in [6.07, 6.45) is 1.52. The summed E-state index contributed by atoms with van der Waals surface area (Å²) in [4.78, 5) is 19.1. The van der Waals surface area contributed by atoms with Crippen molar-refractivity contribution in [3.63, 3.8) is 0 Å². The van der Waals surface area contributed by atoms with Crippen molar-refractivity contribution in [3.8, 4) is 0 Å². The Balaban J connectivity index is 1.71. The zero-order chi connectivity index (χ0) is 19.9. The Kier molecular flexibility index (Phi) is 4.62. The monoisotopic (exact) mass is 407 g/mol. The van der Waals surface area contributed by atoms with Crippen molar-refractivity contribution in [2.45, 2.75) is 25.2 Å². The highest BCUT2D eigenvalue weighted by atomic mass is 32.1. The number of pyridine rings is 1. The Morgan fingerprint density at radius 1 is 1.43 bits per heavy atom. The number of ether oxygens (including phenoxy) is 1. The third kappa shape index (κ3) is 3.49. The number of hydrogen-bond donors (Lipinski definition) is 0. The molecule has 1 atom stereocenters. The Hall–Kier alpha value is -2.81. The highest BCUT2D eigenvalue weighted by Crippen LogP contribution is 2.36. The van der Waals surface area contributed by atoms with Gasteiger partial charge in [-0.3, -0.25) is 4.79 Å². The summed E-state index contributed by atoms with van der Waals surface area (Å²) in [5.74, 6) is -0.439. The summed E-state index contributed by atoms with van der Waals surface area (Å²) in [6.45, 7) is 0.364. The molecule has 4 rings (SSSR count). The third-order valence-electron chi connectivity index (χ3n) is 4.48. The van der Waals surface area contributed by atoms with Crippen molar-refractivity contribution in [2.24, 2.45) is 0 Å². The first-order chi connectivity index (χ1) is 13.3. The third-order valence-corrected chi connectivity index (χ3v) is 5.34. The first kappa shape index (κ1) is 18.5. The number of imidazole rings is 1. The van der Waals surface area contributed by atoms with Gasteiger partial charge in [-0.25, -0.2) is 4.98 Å². The topological polar surface area (TPSA) is 46.8 Å². The summed E-state index contributed by atoms with van der Waals surface area (Å²) in [5.41, 5.74) is -0.837. The van der Waals surface area contributed by atoms with Gasteiger partial charge in [0.2, 0.25) is 0 Å². The minimum atomic E-state index is -4.60. The molecule has 3 aromatic heterocycles. The van der Waals surface area contributed by atoms with Gasteiger partial charge in [0, 0.05) is 36.3 Å². The van der Waals surface area contributed by atoms with Gasteiger partial charge in [-0.1, -0.05) is 6.07 Å². The molecule has 0 radical (unpaired) electrons. The second kappa shape index (κ2) is 6.97. The molecule has 0 fully saturated rings. The van der Waals surface area contributed by atoms with Crippen LogP contribution in [0.1, 0.15) is 39.0 Å². The van der Waals surface area contributed by atoms with E-state index in [1.54, 1.807) is 13.1 Å². The van der Waals surface area contributed by atoms with Crippen LogP contribution >= 0.6 is 11.3 Å². The van der Waals surface area contributed by atoms with Crippen molar-refractivity contribution < 1.29 is 22.7 Å². The fourth-order valence-corrected chi connectivity index (χ4v) is 3.87. The van der Waals surface area contributed by atoms with E-state index in [0.717, 1.165) is 10.9 Å². The van der Waals surface area contributed by atoms with Crippen LogP contribution in [0.3, 0.4) is 0 Å². The van der Waals surface area contributed by atoms with Crippen molar-refractivity contribution >= 4 is 22.9 Å². The lowest BCUT2D eigenvalue weighted by Gasteiger charge is -2.15. The van der Waals surface area contributed by atoms with Gasteiger partial charge in [0.1, 0.15) is 17.4 Å². The van der Waals surface area contributed by atoms with E-state index in [9.17, 15) is 18.0 Å². The van der Waals surface area contributed by atoms with Crippen molar-refractivity contribution in [1.29, 1.82) is 0 Å². The van der Waals surface area contributed by atoms with Crippen LogP contribution in [0.5, 0.6) is 0 Å². The summed E-state index contributed by atoms with van der Waals surface area (Å²) < 4.78 is 47.4. The fourth-order valence-electron chi connectivity index (χ4n) is 3.11. The van der Waals surface area contributed by atoms with E-state index in [4.69, 9.17) is 4.74 Å². The van der Waals surface area contributed by atoms with Crippen molar-refractivity contribution in [3.05, 3.63) is 70.0 Å². The maximum absolute atomic E-state index is 13.6. The molecular weight excluding hydrogens is 391 g/mol. The molecule has 5 nitrogen and oxygen atoms in total. The molecule has 3 aromatic rings. The number of nitrogens with zero attached hydrogens (tertiary/aromatic N) is 3. The molecule has 0 N–H and O–H groups in total. The summed E-state index contributed by atoms with van der Waals surface area (Å²) in [5, 5.41) is 1.90. The first-order valence-corrected chi connectivity index (χ1v) is 9.39. The molecular formula is C19H16F3N3O2S. The van der Waals surface area contributed by atoms with E-state index in [1.807, 2.05) is 17.5 Å². The molecule has 1 aliphatic rings. The van der Waals surface area contributed by atoms with Crippen LogP contribution in [-0.2, 0) is 17.5 Å². The minimum absolute atomic E-state index is 0.0350. The number of amides is 1. The van der Waals surface area contributed by atoms with Gasteiger partial charge in [-0.15, -0.1) is 11.3 Å². The van der Waals surface area contributed by atoms with E-state index in [2.05, 4.69) is 4.98 Å². The average Bonchev–Trinajstić information content (AvgIpc) is 3.39. The predicted molar refractivity (Wildman–Crippen MR) is 97.9 cm³/mol. The number of rotatable bonds is 4. The van der Waals surface area contributed by atoms with E-state index in [1.165, 1.54) is 39.3 Å². The lowest BCUT2D eigenvalue weighted by molar-refractivity contribution is -0.136. The molecule has 0 bridgehead atoms. The Morgan fingerprint density at radius 3 is 2.89 bits per heavy atom. The lowest BCUT2D eigenvalue weighted by atomic mass is 10.1. The molecule has 0 saturated carbocycles. The maximum atomic E-state index is 13.6. The number of fused-ring (bicyclic) bond motifs is 1. The Labute approximate surface area is 162 Å². The zero-order valence-electron chi connectivity index (χ0n) is 14.8. The van der Waals surface area contributed by atoms with Crippen LogP contribution in [-0.4, -0.2) is 27.2 Å². The maximum Gasteiger partial charge on any atom is 0.419 e. The SMILES string of the molecule is CN(Cc1cccs1)C(=O)c1cn2cc(C3CC=CO3)cc(C(F)(F)F)c2n1. The number of carbonyl (C=O) groups is 1. The second-order valence-corrected chi connectivity index (χ2v) is 7.55. The standard InChI is InChI=1S/C19H16F3N3O2S/c1-24(10-13-4-3-7-28-13)18(26)15-11-25-9-12(16-5-2-6-27-16)8-14(17(25)23-15)19(20,21)22/h2-4,6-9,11,16H,5,10H2,1H3. The highest BCUT2D eigenvalue weighted by Gasteiger charge is 2.36. The van der Waals surface area contributed by atoms with Gasteiger partial charge in [0.15, 0.2) is 0 Å². The largest absolute Gasteiger partial charge is 0.493 e. The molecule has 146 valence electrons. The minimum Gasteiger partial charge on any atom is -0.493 e. The Bertz CT molecular complexity index is 1030. The number of halogens is 3. The van der Waals surface area contributed by atoms with Crippen molar-refractivity contribution in [2.75, 3.05) is 7.05 Å². The zero-order valence-corrected chi connectivity index (χ0v) is 15.6. The van der Waals surface area contributed by atoms with E-state index in [0.29, 0.717) is 18.5 Å². The van der Waals surface area contributed by atoms with Crippen LogP contribution in [0.4, 0.5) is 13.2 Å². The summed E-state index contributed by atoms with van der Waals surface area (Å²) in [6, 6.07) is 4.81. The van der Waals surface area contributed by atoms with Crippen LogP contribution in [0.2, 0.25) is 0 Å². The van der Waals surface area contributed by atoms with Gasteiger partial charge in [0.25, 0.3) is 5.91 Å².